The minimum absolute atomic E-state index is 0.0395. The van der Waals surface area contributed by atoms with Gasteiger partial charge in [-0.05, 0) is 72.4 Å². The van der Waals surface area contributed by atoms with Crippen LogP contribution in [0.2, 0.25) is 0 Å². The number of rotatable bonds is 6. The number of carbonyl (C=O) groups excluding carboxylic acids is 1. The fourth-order valence-electron chi connectivity index (χ4n) is 5.78. The Labute approximate surface area is 218 Å². The van der Waals surface area contributed by atoms with Gasteiger partial charge in [-0.3, -0.25) is 4.90 Å². The second-order valence-electron chi connectivity index (χ2n) is 10.0. The number of ether oxygens (including phenoxy) is 1. The molecule has 194 valence electrons. The molecule has 1 spiro atoms. The smallest absolute Gasteiger partial charge is 0.322 e. The van der Waals surface area contributed by atoms with Crippen LogP contribution in [0, 0.1) is 6.92 Å². The summed E-state index contributed by atoms with van der Waals surface area (Å²) in [5, 5.41) is 3.04. The van der Waals surface area contributed by atoms with Crippen LogP contribution in [0.4, 0.5) is 10.5 Å². The highest BCUT2D eigenvalue weighted by molar-refractivity contribution is 7.91. The van der Waals surface area contributed by atoms with Crippen molar-refractivity contribution in [1.82, 2.24) is 10.3 Å². The number of urea groups is 1. The summed E-state index contributed by atoms with van der Waals surface area (Å²) in [7, 11) is -1.61. The summed E-state index contributed by atoms with van der Waals surface area (Å²) in [5.74, 6) is 0.666. The van der Waals surface area contributed by atoms with E-state index >= 15 is 0 Å². The van der Waals surface area contributed by atoms with E-state index in [1.54, 1.807) is 44.5 Å². The second-order valence-corrected chi connectivity index (χ2v) is 12.3. The molecule has 3 aromatic rings. The maximum atomic E-state index is 13.4. The van der Waals surface area contributed by atoms with Gasteiger partial charge in [-0.25, -0.2) is 18.2 Å². The van der Waals surface area contributed by atoms with Crippen molar-refractivity contribution in [3.05, 3.63) is 71.4 Å². The number of nitrogens with one attached hydrogen (secondary N) is 1. The number of nitrogens with zero attached hydrogens (tertiary/aromatic N) is 2. The largest absolute Gasteiger partial charge is 0.481 e. The minimum Gasteiger partial charge on any atom is -0.481 e. The third-order valence-electron chi connectivity index (χ3n) is 7.84. The summed E-state index contributed by atoms with van der Waals surface area (Å²) in [5.41, 5.74) is 6.12. The SMILES string of the molecule is CCS(=O)(=O)c1ccc(CNC(=O)N2CC3(CCCC3)c3cc(-c4c(C)ccnc4OC)ccc32)cc1. The van der Waals surface area contributed by atoms with Gasteiger partial charge in [0.1, 0.15) is 0 Å². The van der Waals surface area contributed by atoms with E-state index in [-0.39, 0.29) is 17.2 Å². The molecule has 0 bridgehead atoms. The van der Waals surface area contributed by atoms with Crippen molar-refractivity contribution < 1.29 is 17.9 Å². The lowest BCUT2D eigenvalue weighted by atomic mass is 9.80. The topological polar surface area (TPSA) is 88.6 Å². The van der Waals surface area contributed by atoms with E-state index in [0.29, 0.717) is 23.9 Å². The van der Waals surface area contributed by atoms with Crippen LogP contribution in [-0.2, 0) is 21.8 Å². The predicted molar refractivity (Wildman–Crippen MR) is 145 cm³/mol. The van der Waals surface area contributed by atoms with E-state index in [1.807, 2.05) is 23.1 Å². The van der Waals surface area contributed by atoms with Gasteiger partial charge in [0.15, 0.2) is 9.84 Å². The normalized spacial score (nSPS) is 16.1. The monoisotopic (exact) mass is 519 g/mol. The number of sulfone groups is 1. The Hall–Kier alpha value is -3.39. The number of hydrogen-bond donors (Lipinski definition) is 1. The second kappa shape index (κ2) is 9.82. The van der Waals surface area contributed by atoms with Gasteiger partial charge < -0.3 is 10.1 Å². The number of benzene rings is 2. The lowest BCUT2D eigenvalue weighted by molar-refractivity contribution is 0.245. The standard InChI is InChI=1S/C29H33N3O4S/c1-4-37(34,35)23-10-7-21(8-11-23)18-31-28(33)32-19-29(14-5-6-15-29)24-17-22(9-12-25(24)32)26-20(2)13-16-30-27(26)36-3/h7-13,16-17H,4-6,14-15,18-19H2,1-3H3,(H,31,33). The van der Waals surface area contributed by atoms with Gasteiger partial charge in [0.2, 0.25) is 5.88 Å². The average molecular weight is 520 g/mol. The summed E-state index contributed by atoms with van der Waals surface area (Å²) < 4.78 is 29.7. The highest BCUT2D eigenvalue weighted by Gasteiger charge is 2.46. The quantitative estimate of drug-likeness (QED) is 0.471. The zero-order valence-electron chi connectivity index (χ0n) is 21.6. The first-order chi connectivity index (χ1) is 17.8. The number of anilines is 1. The van der Waals surface area contributed by atoms with Crippen LogP contribution in [-0.4, -0.2) is 38.8 Å². The van der Waals surface area contributed by atoms with Crippen molar-refractivity contribution in [2.24, 2.45) is 0 Å². The molecule has 0 radical (unpaired) electrons. The number of hydrogen-bond acceptors (Lipinski definition) is 5. The number of methoxy groups -OCH3 is 1. The molecule has 2 aromatic carbocycles. The van der Waals surface area contributed by atoms with E-state index in [0.717, 1.165) is 53.6 Å². The van der Waals surface area contributed by atoms with E-state index < -0.39 is 9.84 Å². The fraction of sp³-hybridized carbons (Fsp3) is 0.379. The van der Waals surface area contributed by atoms with E-state index in [9.17, 15) is 13.2 Å². The third kappa shape index (κ3) is 4.59. The summed E-state index contributed by atoms with van der Waals surface area (Å²) in [6, 6.07) is 14.9. The molecule has 1 aliphatic carbocycles. The first-order valence-corrected chi connectivity index (χ1v) is 14.4. The first kappa shape index (κ1) is 25.3. The van der Waals surface area contributed by atoms with Gasteiger partial charge in [0, 0.05) is 36.0 Å². The zero-order valence-corrected chi connectivity index (χ0v) is 22.4. The molecule has 7 nitrogen and oxygen atoms in total. The summed E-state index contributed by atoms with van der Waals surface area (Å²) in [4.78, 5) is 20.0. The van der Waals surface area contributed by atoms with Gasteiger partial charge in [0.25, 0.3) is 0 Å². The molecule has 1 fully saturated rings. The number of amides is 2. The van der Waals surface area contributed by atoms with E-state index in [2.05, 4.69) is 23.3 Å². The van der Waals surface area contributed by atoms with Crippen molar-refractivity contribution in [3.63, 3.8) is 0 Å². The maximum absolute atomic E-state index is 13.4. The molecule has 5 rings (SSSR count). The van der Waals surface area contributed by atoms with Crippen molar-refractivity contribution in [2.75, 3.05) is 24.3 Å². The lowest BCUT2D eigenvalue weighted by Gasteiger charge is -2.25. The molecule has 1 aliphatic heterocycles. The molecule has 2 aliphatic rings. The molecule has 8 heteroatoms. The molecule has 1 aromatic heterocycles. The van der Waals surface area contributed by atoms with E-state index in [1.165, 1.54) is 5.56 Å². The molecule has 0 saturated heterocycles. The summed E-state index contributed by atoms with van der Waals surface area (Å²) in [6.45, 7) is 4.68. The highest BCUT2D eigenvalue weighted by atomic mass is 32.2. The van der Waals surface area contributed by atoms with Crippen LogP contribution < -0.4 is 15.0 Å². The molecule has 2 amide bonds. The van der Waals surface area contributed by atoms with Gasteiger partial charge in [0.05, 0.1) is 17.8 Å². The van der Waals surface area contributed by atoms with Gasteiger partial charge in [-0.15, -0.1) is 0 Å². The van der Waals surface area contributed by atoms with Crippen LogP contribution in [0.25, 0.3) is 11.1 Å². The maximum Gasteiger partial charge on any atom is 0.322 e. The Morgan fingerprint density at radius 2 is 1.84 bits per heavy atom. The van der Waals surface area contributed by atoms with Crippen LogP contribution >= 0.6 is 0 Å². The highest BCUT2D eigenvalue weighted by Crippen LogP contribution is 2.51. The number of fused-ring (bicyclic) bond motifs is 2. The fourth-order valence-corrected chi connectivity index (χ4v) is 6.66. The van der Waals surface area contributed by atoms with Crippen molar-refractivity contribution in [1.29, 1.82) is 0 Å². The summed E-state index contributed by atoms with van der Waals surface area (Å²) in [6.07, 6.45) is 6.18. The van der Waals surface area contributed by atoms with Gasteiger partial charge >= 0.3 is 6.03 Å². The molecular weight excluding hydrogens is 486 g/mol. The van der Waals surface area contributed by atoms with Gasteiger partial charge in [-0.1, -0.05) is 38.0 Å². The average Bonchev–Trinajstić information content (AvgIpc) is 3.52. The van der Waals surface area contributed by atoms with Crippen LogP contribution in [0.3, 0.4) is 0 Å². The summed E-state index contributed by atoms with van der Waals surface area (Å²) >= 11 is 0. The number of aryl methyl sites for hydroxylation is 1. The van der Waals surface area contributed by atoms with Crippen LogP contribution in [0.15, 0.2) is 59.6 Å². The Bertz CT molecular complexity index is 1430. The zero-order chi connectivity index (χ0) is 26.2. The number of pyridine rings is 1. The lowest BCUT2D eigenvalue weighted by Crippen LogP contribution is -2.41. The minimum atomic E-state index is -3.24. The van der Waals surface area contributed by atoms with Crippen molar-refractivity contribution >= 4 is 21.6 Å². The Morgan fingerprint density at radius 1 is 1.11 bits per heavy atom. The first-order valence-electron chi connectivity index (χ1n) is 12.8. The van der Waals surface area contributed by atoms with Crippen molar-refractivity contribution in [3.8, 4) is 17.0 Å². The van der Waals surface area contributed by atoms with Gasteiger partial charge in [-0.2, -0.15) is 0 Å². The number of aromatic nitrogens is 1. The van der Waals surface area contributed by atoms with Crippen molar-refractivity contribution in [2.45, 2.75) is 56.4 Å². The Morgan fingerprint density at radius 3 is 2.51 bits per heavy atom. The van der Waals surface area contributed by atoms with Crippen LogP contribution in [0.1, 0.15) is 49.3 Å². The molecule has 0 atom stereocenters. The predicted octanol–water partition coefficient (Wildman–Crippen LogP) is 5.40. The molecule has 0 unspecified atom stereocenters. The Kier molecular flexibility index (Phi) is 6.70. The third-order valence-corrected chi connectivity index (χ3v) is 9.59. The van der Waals surface area contributed by atoms with E-state index in [4.69, 9.17) is 4.74 Å². The van der Waals surface area contributed by atoms with Crippen LogP contribution in [0.5, 0.6) is 5.88 Å². The molecule has 1 N–H and O–H groups in total. The molecule has 2 heterocycles. The molecule has 1 saturated carbocycles. The molecule has 37 heavy (non-hydrogen) atoms. The Balaban J connectivity index is 1.41. The molecular formula is C29H33N3O4S. The number of carbonyl (C=O) groups is 1.